The van der Waals surface area contributed by atoms with Gasteiger partial charge in [-0.05, 0) is 128 Å². The highest BCUT2D eigenvalue weighted by Crippen LogP contribution is 2.62. The van der Waals surface area contributed by atoms with Crippen LogP contribution in [0.1, 0.15) is 22.3 Å². The van der Waals surface area contributed by atoms with Crippen molar-refractivity contribution in [2.45, 2.75) is 5.41 Å². The summed E-state index contributed by atoms with van der Waals surface area (Å²) in [6.45, 7) is 0. The van der Waals surface area contributed by atoms with Crippen LogP contribution in [0.2, 0.25) is 0 Å². The Bertz CT molecular complexity index is 4270. The highest BCUT2D eigenvalue weighted by Gasteiger charge is 2.51. The fourth-order valence-electron chi connectivity index (χ4n) is 12.5. The van der Waals surface area contributed by atoms with E-state index >= 15 is 0 Å². The summed E-state index contributed by atoms with van der Waals surface area (Å²) in [6.07, 6.45) is 0. The van der Waals surface area contributed by atoms with E-state index in [0.717, 1.165) is 45.3 Å². The molecule has 0 saturated carbocycles. The van der Waals surface area contributed by atoms with E-state index in [0.29, 0.717) is 0 Å². The van der Waals surface area contributed by atoms with Crippen LogP contribution in [0, 0.1) is 0 Å². The molecule has 1 aliphatic carbocycles. The number of aromatic nitrogens is 1. The van der Waals surface area contributed by atoms with Gasteiger partial charge in [-0.3, -0.25) is 0 Å². The maximum Gasteiger partial charge on any atom is 0.0755 e. The zero-order valence-corrected chi connectivity index (χ0v) is 39.3. The summed E-state index contributed by atoms with van der Waals surface area (Å²) in [5, 5.41) is 7.39. The molecule has 1 atom stereocenters. The molecule has 3 heteroatoms. The summed E-state index contributed by atoms with van der Waals surface area (Å²) in [6, 6.07) is 101. The van der Waals surface area contributed by atoms with E-state index in [9.17, 15) is 0 Å². The predicted molar refractivity (Wildman–Crippen MR) is 301 cm³/mol. The molecule has 0 fully saturated rings. The minimum absolute atomic E-state index is 0.563. The summed E-state index contributed by atoms with van der Waals surface area (Å²) in [5.41, 5.74) is 20.0. The Morgan fingerprint density at radius 1 is 0.292 bits per heavy atom. The van der Waals surface area contributed by atoms with Crippen molar-refractivity contribution in [3.63, 3.8) is 0 Å². The van der Waals surface area contributed by atoms with Gasteiger partial charge in [-0.2, -0.15) is 0 Å². The Morgan fingerprint density at radius 2 is 0.764 bits per heavy atom. The van der Waals surface area contributed by atoms with Crippen molar-refractivity contribution in [1.29, 1.82) is 0 Å². The lowest BCUT2D eigenvalue weighted by molar-refractivity contribution is 0.748. The predicted octanol–water partition coefficient (Wildman–Crippen LogP) is 18.4. The lowest BCUT2D eigenvalue weighted by Gasteiger charge is -2.40. The van der Waals surface area contributed by atoms with Gasteiger partial charge in [0.25, 0.3) is 0 Å². The van der Waals surface area contributed by atoms with Crippen LogP contribution in [0.4, 0.5) is 34.1 Å². The van der Waals surface area contributed by atoms with Crippen LogP contribution in [0.15, 0.2) is 273 Å². The van der Waals surface area contributed by atoms with E-state index < -0.39 is 5.41 Å². The Morgan fingerprint density at radius 3 is 1.46 bits per heavy atom. The van der Waals surface area contributed by atoms with Gasteiger partial charge in [0, 0.05) is 44.3 Å². The van der Waals surface area contributed by atoms with E-state index in [2.05, 4.69) is 287 Å². The molecule has 1 spiro atoms. The van der Waals surface area contributed by atoms with Gasteiger partial charge in [-0.15, -0.1) is 0 Å². The topological polar surface area (TPSA) is 11.4 Å². The monoisotopic (exact) mass is 915 g/mol. The third-order valence-electron chi connectivity index (χ3n) is 15.5. The van der Waals surface area contributed by atoms with Crippen LogP contribution in [-0.2, 0) is 5.41 Å². The SMILES string of the molecule is c1ccc(N(c2ccc(-c3ccc(N(c4ccc5c(c4)C4(c6ccccc6-5)c5ccccc5-n5c6ccccc6c6cccc4c65)c4cccc5ccccc45)cc3)cc2)c2cccc3ccccc23)cc1. The van der Waals surface area contributed by atoms with Crippen molar-refractivity contribution >= 4 is 77.5 Å². The molecule has 1 aliphatic heterocycles. The second-order valence-corrected chi connectivity index (χ2v) is 19.2. The lowest BCUT2D eigenvalue weighted by Crippen LogP contribution is -2.33. The molecule has 1 unspecified atom stereocenters. The summed E-state index contributed by atoms with van der Waals surface area (Å²) in [7, 11) is 0. The summed E-state index contributed by atoms with van der Waals surface area (Å²) in [5.74, 6) is 0. The maximum atomic E-state index is 2.52. The molecular weight excluding hydrogens is 871 g/mol. The van der Waals surface area contributed by atoms with Gasteiger partial charge in [0.1, 0.15) is 0 Å². The molecule has 13 aromatic rings. The largest absolute Gasteiger partial charge is 0.310 e. The molecule has 12 aromatic carbocycles. The highest BCUT2D eigenvalue weighted by atomic mass is 15.1. The van der Waals surface area contributed by atoms with Crippen molar-refractivity contribution in [2.75, 3.05) is 9.80 Å². The minimum atomic E-state index is -0.563. The van der Waals surface area contributed by atoms with E-state index in [-0.39, 0.29) is 0 Å². The van der Waals surface area contributed by atoms with Gasteiger partial charge in [0.15, 0.2) is 0 Å². The first kappa shape index (κ1) is 40.4. The van der Waals surface area contributed by atoms with Gasteiger partial charge in [-0.25, -0.2) is 0 Å². The zero-order chi connectivity index (χ0) is 47.3. The first-order valence-corrected chi connectivity index (χ1v) is 24.9. The third kappa shape index (κ3) is 5.79. The fraction of sp³-hybridized carbons (Fsp3) is 0.0145. The standard InChI is InChI=1S/C69H45N3/c1-2-21-50(22-3-1)70(64-33-14-19-48-17-4-6-23-54(48)64)51-39-35-46(36-40-51)47-37-41-52(42-38-47)71(65-34-15-20-49-18-5-7-24-55(49)65)53-43-44-57-56-25-8-10-28-60(56)69(63(57)45-53)61-29-11-13-32-67(61)72-66-31-12-9-26-58(66)59-27-16-30-62(69)68(59)72/h1-45H. The van der Waals surface area contributed by atoms with Crippen molar-refractivity contribution in [2.24, 2.45) is 0 Å². The Kier molecular flexibility index (Phi) is 8.87. The van der Waals surface area contributed by atoms with Gasteiger partial charge in [0.2, 0.25) is 0 Å². The van der Waals surface area contributed by atoms with Crippen molar-refractivity contribution in [1.82, 2.24) is 4.57 Å². The number of para-hydroxylation sites is 4. The molecule has 336 valence electrons. The Hall–Kier alpha value is -9.44. The number of hydrogen-bond donors (Lipinski definition) is 0. The zero-order valence-electron chi connectivity index (χ0n) is 39.3. The van der Waals surface area contributed by atoms with E-state index in [1.165, 1.54) is 82.4 Å². The first-order chi connectivity index (χ1) is 35.7. The minimum Gasteiger partial charge on any atom is -0.310 e. The molecule has 2 heterocycles. The van der Waals surface area contributed by atoms with Crippen molar-refractivity contribution < 1.29 is 0 Å². The van der Waals surface area contributed by atoms with Crippen LogP contribution in [-0.4, -0.2) is 4.57 Å². The molecule has 0 bridgehead atoms. The summed E-state index contributed by atoms with van der Waals surface area (Å²) in [4.78, 5) is 4.84. The fourth-order valence-corrected chi connectivity index (χ4v) is 12.5. The Labute approximate surface area is 418 Å². The van der Waals surface area contributed by atoms with Crippen molar-refractivity contribution in [3.8, 4) is 27.9 Å². The molecule has 2 aliphatic rings. The molecule has 3 nitrogen and oxygen atoms in total. The number of fused-ring (bicyclic) bond motifs is 14. The smallest absolute Gasteiger partial charge is 0.0755 e. The van der Waals surface area contributed by atoms with Crippen LogP contribution in [0.25, 0.3) is 71.3 Å². The molecule has 0 amide bonds. The van der Waals surface area contributed by atoms with E-state index in [1.807, 2.05) is 0 Å². The molecule has 0 saturated heterocycles. The number of rotatable bonds is 7. The second kappa shape index (κ2) is 15.8. The van der Waals surface area contributed by atoms with Gasteiger partial charge >= 0.3 is 0 Å². The molecule has 0 N–H and O–H groups in total. The summed E-state index contributed by atoms with van der Waals surface area (Å²) < 4.78 is 2.52. The second-order valence-electron chi connectivity index (χ2n) is 19.2. The first-order valence-electron chi connectivity index (χ1n) is 24.9. The average Bonchev–Trinajstić information content (AvgIpc) is 3.95. The number of benzene rings is 12. The summed E-state index contributed by atoms with van der Waals surface area (Å²) >= 11 is 0. The highest BCUT2D eigenvalue weighted by molar-refractivity contribution is 6.13. The van der Waals surface area contributed by atoms with E-state index in [4.69, 9.17) is 0 Å². The van der Waals surface area contributed by atoms with Crippen LogP contribution in [0.5, 0.6) is 0 Å². The average molecular weight is 916 g/mol. The molecule has 1 aromatic heterocycles. The van der Waals surface area contributed by atoms with Crippen LogP contribution < -0.4 is 9.80 Å². The maximum absolute atomic E-state index is 2.52. The Balaban J connectivity index is 0.890. The van der Waals surface area contributed by atoms with Gasteiger partial charge in [0.05, 0.1) is 33.5 Å². The lowest BCUT2D eigenvalue weighted by atomic mass is 9.65. The van der Waals surface area contributed by atoms with Crippen molar-refractivity contribution in [3.05, 3.63) is 295 Å². The third-order valence-corrected chi connectivity index (χ3v) is 15.5. The number of anilines is 6. The number of hydrogen-bond acceptors (Lipinski definition) is 2. The molecule has 15 rings (SSSR count). The quantitative estimate of drug-likeness (QED) is 0.158. The van der Waals surface area contributed by atoms with Crippen LogP contribution in [0.3, 0.4) is 0 Å². The van der Waals surface area contributed by atoms with Gasteiger partial charge < -0.3 is 14.4 Å². The molecule has 0 radical (unpaired) electrons. The van der Waals surface area contributed by atoms with Crippen LogP contribution >= 0.6 is 0 Å². The van der Waals surface area contributed by atoms with E-state index in [1.54, 1.807) is 0 Å². The number of nitrogens with zero attached hydrogens (tertiary/aromatic N) is 3. The molecular formula is C69H45N3. The van der Waals surface area contributed by atoms with Gasteiger partial charge in [-0.1, -0.05) is 200 Å². The normalized spacial score (nSPS) is 14.2. The molecule has 72 heavy (non-hydrogen) atoms.